The van der Waals surface area contributed by atoms with Crippen LogP contribution >= 0.6 is 15.9 Å². The highest BCUT2D eigenvalue weighted by molar-refractivity contribution is 9.10. The van der Waals surface area contributed by atoms with Gasteiger partial charge in [0.05, 0.1) is 0 Å². The van der Waals surface area contributed by atoms with Crippen LogP contribution in [0.25, 0.3) is 5.65 Å². The molecule has 0 aromatic carbocycles. The summed E-state index contributed by atoms with van der Waals surface area (Å²) in [4.78, 5) is 0. The zero-order valence-corrected chi connectivity index (χ0v) is 7.87. The molecule has 2 heterocycles. The highest BCUT2D eigenvalue weighted by atomic mass is 79.9. The lowest BCUT2D eigenvalue weighted by Gasteiger charge is -1.97. The Balaban J connectivity index is 2.69. The minimum Gasteiger partial charge on any atom is -0.282 e. The molecular weight excluding hydrogens is 244 g/mol. The summed E-state index contributed by atoms with van der Waals surface area (Å²) in [5, 5.41) is 6.98. The molecule has 0 saturated carbocycles. The van der Waals surface area contributed by atoms with Crippen LogP contribution in [0.2, 0.25) is 0 Å². The van der Waals surface area contributed by atoms with Crippen molar-refractivity contribution in [3.63, 3.8) is 0 Å². The Hall–Kier alpha value is -1.04. The average Bonchev–Trinajstić information content (AvgIpc) is 2.46. The number of rotatable bonds is 1. The van der Waals surface area contributed by atoms with Gasteiger partial charge in [-0.2, -0.15) is 0 Å². The average molecular weight is 248 g/mol. The molecule has 0 atom stereocenters. The molecule has 0 bridgehead atoms. The summed E-state index contributed by atoms with van der Waals surface area (Å²) >= 11 is 3.21. The van der Waals surface area contributed by atoms with Crippen molar-refractivity contribution in [2.24, 2.45) is 0 Å². The van der Waals surface area contributed by atoms with Crippen molar-refractivity contribution in [3.8, 4) is 0 Å². The lowest BCUT2D eigenvalue weighted by atomic mass is 10.5. The second kappa shape index (κ2) is 3.02. The highest BCUT2D eigenvalue weighted by Gasteiger charge is 2.14. The molecule has 0 N–H and O–H groups in total. The van der Waals surface area contributed by atoms with Gasteiger partial charge in [0.1, 0.15) is 0 Å². The van der Waals surface area contributed by atoms with Crippen LogP contribution in [0.4, 0.5) is 8.78 Å². The smallest absolute Gasteiger partial charge is 0.282 e. The molecule has 2 aromatic rings. The van der Waals surface area contributed by atoms with Crippen molar-refractivity contribution in [2.75, 3.05) is 0 Å². The largest absolute Gasteiger partial charge is 0.297 e. The Kier molecular flexibility index (Phi) is 1.99. The second-order valence-corrected chi connectivity index (χ2v) is 3.35. The molecule has 3 nitrogen and oxygen atoms in total. The van der Waals surface area contributed by atoms with Crippen molar-refractivity contribution in [2.45, 2.75) is 6.43 Å². The minimum absolute atomic E-state index is 0.331. The zero-order valence-electron chi connectivity index (χ0n) is 6.28. The molecule has 0 aliphatic carbocycles. The van der Waals surface area contributed by atoms with E-state index in [9.17, 15) is 8.78 Å². The van der Waals surface area contributed by atoms with Crippen LogP contribution in [0.3, 0.4) is 0 Å². The first kappa shape index (κ1) is 8.55. The van der Waals surface area contributed by atoms with E-state index in [-0.39, 0.29) is 5.82 Å². The van der Waals surface area contributed by atoms with Gasteiger partial charge in [0.15, 0.2) is 5.65 Å². The Bertz CT molecular complexity index is 440. The van der Waals surface area contributed by atoms with E-state index in [0.29, 0.717) is 5.65 Å². The van der Waals surface area contributed by atoms with Crippen molar-refractivity contribution in [3.05, 3.63) is 28.6 Å². The SMILES string of the molecule is FC(F)c1nnc2cc(Br)ccn12. The van der Waals surface area contributed by atoms with Gasteiger partial charge in [0.2, 0.25) is 5.82 Å². The molecule has 0 saturated heterocycles. The van der Waals surface area contributed by atoms with Gasteiger partial charge in [-0.3, -0.25) is 4.40 Å². The molecule has 0 spiro atoms. The minimum atomic E-state index is -2.60. The van der Waals surface area contributed by atoms with Crippen molar-refractivity contribution < 1.29 is 8.78 Å². The predicted molar refractivity (Wildman–Crippen MR) is 45.6 cm³/mol. The van der Waals surface area contributed by atoms with E-state index < -0.39 is 6.43 Å². The Morgan fingerprint density at radius 2 is 2.15 bits per heavy atom. The van der Waals surface area contributed by atoms with Crippen molar-refractivity contribution in [1.29, 1.82) is 0 Å². The number of halogens is 3. The van der Waals surface area contributed by atoms with Gasteiger partial charge in [-0.1, -0.05) is 15.9 Å². The molecule has 0 radical (unpaired) electrons. The summed E-state index contributed by atoms with van der Waals surface area (Å²) in [5.74, 6) is -0.331. The first-order valence-electron chi connectivity index (χ1n) is 3.47. The van der Waals surface area contributed by atoms with Crippen LogP contribution in [0.5, 0.6) is 0 Å². The first-order chi connectivity index (χ1) is 6.18. The van der Waals surface area contributed by atoms with Crippen LogP contribution in [0.15, 0.2) is 22.8 Å². The maximum atomic E-state index is 12.3. The normalized spacial score (nSPS) is 11.4. The quantitative estimate of drug-likeness (QED) is 0.775. The molecule has 2 rings (SSSR count). The van der Waals surface area contributed by atoms with Gasteiger partial charge in [-0.15, -0.1) is 10.2 Å². The topological polar surface area (TPSA) is 30.2 Å². The summed E-state index contributed by atoms with van der Waals surface area (Å²) in [5.41, 5.74) is 0.407. The van der Waals surface area contributed by atoms with Crippen LogP contribution in [0.1, 0.15) is 12.2 Å². The molecule has 2 aromatic heterocycles. The van der Waals surface area contributed by atoms with E-state index >= 15 is 0 Å². The zero-order chi connectivity index (χ0) is 9.42. The number of hydrogen-bond acceptors (Lipinski definition) is 2. The van der Waals surface area contributed by atoms with Crippen molar-refractivity contribution in [1.82, 2.24) is 14.6 Å². The van der Waals surface area contributed by atoms with Gasteiger partial charge < -0.3 is 0 Å². The van der Waals surface area contributed by atoms with Gasteiger partial charge in [-0.05, 0) is 12.1 Å². The molecule has 6 heteroatoms. The molecule has 0 aliphatic heterocycles. The molecular formula is C7H4BrF2N3. The fourth-order valence-corrected chi connectivity index (χ4v) is 1.36. The fourth-order valence-electron chi connectivity index (χ4n) is 1.03. The van der Waals surface area contributed by atoms with Crippen LogP contribution < -0.4 is 0 Å². The Morgan fingerprint density at radius 3 is 2.85 bits per heavy atom. The van der Waals surface area contributed by atoms with Gasteiger partial charge in [0, 0.05) is 10.7 Å². The summed E-state index contributed by atoms with van der Waals surface area (Å²) in [6.07, 6.45) is -1.10. The predicted octanol–water partition coefficient (Wildman–Crippen LogP) is 2.43. The first-order valence-corrected chi connectivity index (χ1v) is 4.26. The highest BCUT2D eigenvalue weighted by Crippen LogP contribution is 2.19. The molecule has 68 valence electrons. The van der Waals surface area contributed by atoms with E-state index in [4.69, 9.17) is 0 Å². The van der Waals surface area contributed by atoms with E-state index in [2.05, 4.69) is 26.1 Å². The molecule has 13 heavy (non-hydrogen) atoms. The third-order valence-corrected chi connectivity index (χ3v) is 2.09. The van der Waals surface area contributed by atoms with Gasteiger partial charge >= 0.3 is 0 Å². The van der Waals surface area contributed by atoms with E-state index in [1.165, 1.54) is 10.6 Å². The molecule has 0 unspecified atom stereocenters. The Labute approximate surface area is 80.5 Å². The molecule has 0 fully saturated rings. The van der Waals surface area contributed by atoms with Crippen LogP contribution in [-0.2, 0) is 0 Å². The number of fused-ring (bicyclic) bond motifs is 1. The third kappa shape index (κ3) is 1.41. The Morgan fingerprint density at radius 1 is 1.38 bits per heavy atom. The maximum Gasteiger partial charge on any atom is 0.297 e. The monoisotopic (exact) mass is 247 g/mol. The number of nitrogens with zero attached hydrogens (tertiary/aromatic N) is 3. The number of aromatic nitrogens is 3. The van der Waals surface area contributed by atoms with E-state index in [0.717, 1.165) is 4.47 Å². The van der Waals surface area contributed by atoms with Crippen molar-refractivity contribution >= 4 is 21.6 Å². The second-order valence-electron chi connectivity index (χ2n) is 2.43. The third-order valence-electron chi connectivity index (χ3n) is 1.59. The molecule has 0 amide bonds. The fraction of sp³-hybridized carbons (Fsp3) is 0.143. The van der Waals surface area contributed by atoms with Gasteiger partial charge in [0.25, 0.3) is 6.43 Å². The van der Waals surface area contributed by atoms with E-state index in [1.54, 1.807) is 12.1 Å². The lowest BCUT2D eigenvalue weighted by Crippen LogP contribution is -1.93. The van der Waals surface area contributed by atoms with Crippen LogP contribution in [0, 0.1) is 0 Å². The maximum absolute atomic E-state index is 12.3. The van der Waals surface area contributed by atoms with E-state index in [1.807, 2.05) is 0 Å². The summed E-state index contributed by atoms with van der Waals surface area (Å²) in [6, 6.07) is 3.28. The lowest BCUT2D eigenvalue weighted by molar-refractivity contribution is 0.139. The summed E-state index contributed by atoms with van der Waals surface area (Å²) < 4.78 is 26.6. The van der Waals surface area contributed by atoms with Crippen LogP contribution in [-0.4, -0.2) is 14.6 Å². The molecule has 0 aliphatic rings. The summed E-state index contributed by atoms with van der Waals surface area (Å²) in [7, 11) is 0. The van der Waals surface area contributed by atoms with Gasteiger partial charge in [-0.25, -0.2) is 8.78 Å². The standard InChI is InChI=1S/C7H4BrF2N3/c8-4-1-2-13-5(3-4)11-12-7(13)6(9)10/h1-3,6H. The number of pyridine rings is 1. The summed E-state index contributed by atoms with van der Waals surface area (Å²) in [6.45, 7) is 0. The number of alkyl halides is 2. The number of hydrogen-bond donors (Lipinski definition) is 0.